The van der Waals surface area contributed by atoms with Crippen molar-refractivity contribution in [2.24, 2.45) is 0 Å². The Labute approximate surface area is 387 Å². The number of fused-ring (bicyclic) bond motifs is 6. The van der Waals surface area contributed by atoms with Crippen LogP contribution in [-0.4, -0.2) is 0 Å². The molecule has 1 aliphatic carbocycles. The first-order valence-electron chi connectivity index (χ1n) is 23.0. The van der Waals surface area contributed by atoms with Gasteiger partial charge in [-0.2, -0.15) is 0 Å². The molecule has 0 saturated heterocycles. The third-order valence-corrected chi connectivity index (χ3v) is 13.9. The fourth-order valence-corrected chi connectivity index (χ4v) is 10.4. The average molecular weight is 842 g/mol. The van der Waals surface area contributed by atoms with Crippen molar-refractivity contribution in [3.05, 3.63) is 260 Å². The van der Waals surface area contributed by atoms with Crippen LogP contribution in [0.4, 0.5) is 17.1 Å². The Morgan fingerprint density at radius 1 is 0.273 bits per heavy atom. The second kappa shape index (κ2) is 16.1. The lowest BCUT2D eigenvalue weighted by molar-refractivity contribution is 0.660. The van der Waals surface area contributed by atoms with E-state index in [2.05, 4.69) is 267 Å². The second-order valence-corrected chi connectivity index (χ2v) is 18.1. The SMILES string of the molecule is CC1(C)c2cc(-c3ccc(-c4ccc(-c5ccccc5)cc4)cc3)ccc2-c2ccc(N(c3ccccc3-c3ccc(-c4ccccc4)cc3)c3cc4ccccc4c4ccccc34)cc21. The number of para-hydroxylation sites is 1. The van der Waals surface area contributed by atoms with Gasteiger partial charge in [0.1, 0.15) is 0 Å². The van der Waals surface area contributed by atoms with E-state index in [1.165, 1.54) is 99.4 Å². The van der Waals surface area contributed by atoms with Gasteiger partial charge in [-0.25, -0.2) is 0 Å². The Kier molecular flexibility index (Phi) is 9.58. The summed E-state index contributed by atoms with van der Waals surface area (Å²) in [5, 5.41) is 4.94. The van der Waals surface area contributed by atoms with Gasteiger partial charge in [0.25, 0.3) is 0 Å². The van der Waals surface area contributed by atoms with E-state index in [0.717, 1.165) is 17.1 Å². The van der Waals surface area contributed by atoms with Crippen molar-refractivity contribution in [1.29, 1.82) is 0 Å². The predicted molar refractivity (Wildman–Crippen MR) is 281 cm³/mol. The van der Waals surface area contributed by atoms with Gasteiger partial charge in [0.15, 0.2) is 0 Å². The summed E-state index contributed by atoms with van der Waals surface area (Å²) < 4.78 is 0. The zero-order chi connectivity index (χ0) is 44.2. The molecular weight excluding hydrogens is 795 g/mol. The van der Waals surface area contributed by atoms with Crippen molar-refractivity contribution < 1.29 is 0 Å². The summed E-state index contributed by atoms with van der Waals surface area (Å²) in [4.78, 5) is 2.51. The number of rotatable bonds is 8. The maximum absolute atomic E-state index is 2.51. The Hall–Kier alpha value is -8.26. The highest BCUT2D eigenvalue weighted by atomic mass is 15.1. The minimum atomic E-state index is -0.235. The topological polar surface area (TPSA) is 3.24 Å². The molecule has 12 rings (SSSR count). The Morgan fingerprint density at radius 3 is 1.30 bits per heavy atom. The molecule has 1 aliphatic rings. The highest BCUT2D eigenvalue weighted by Gasteiger charge is 2.36. The van der Waals surface area contributed by atoms with Gasteiger partial charge in [-0.15, -0.1) is 0 Å². The van der Waals surface area contributed by atoms with E-state index in [9.17, 15) is 0 Å². The van der Waals surface area contributed by atoms with Crippen LogP contribution in [0.25, 0.3) is 88.3 Å². The Balaban J connectivity index is 0.941. The number of benzene rings is 11. The van der Waals surface area contributed by atoms with Crippen molar-refractivity contribution in [2.45, 2.75) is 19.3 Å². The van der Waals surface area contributed by atoms with E-state index in [1.54, 1.807) is 0 Å². The van der Waals surface area contributed by atoms with E-state index in [1.807, 2.05) is 0 Å². The van der Waals surface area contributed by atoms with Crippen LogP contribution in [0.2, 0.25) is 0 Å². The van der Waals surface area contributed by atoms with Crippen LogP contribution >= 0.6 is 0 Å². The van der Waals surface area contributed by atoms with Gasteiger partial charge in [-0.05, 0) is 119 Å². The molecule has 66 heavy (non-hydrogen) atoms. The van der Waals surface area contributed by atoms with E-state index < -0.39 is 0 Å². The molecule has 0 saturated carbocycles. The second-order valence-electron chi connectivity index (χ2n) is 18.1. The molecule has 1 nitrogen and oxygen atoms in total. The maximum atomic E-state index is 2.51. The first-order valence-corrected chi connectivity index (χ1v) is 23.0. The first-order chi connectivity index (χ1) is 32.5. The van der Waals surface area contributed by atoms with Crippen molar-refractivity contribution in [2.75, 3.05) is 4.90 Å². The summed E-state index contributed by atoms with van der Waals surface area (Å²) in [5.41, 5.74) is 20.6. The summed E-state index contributed by atoms with van der Waals surface area (Å²) in [6, 6.07) is 91.4. The standard InChI is InChI=1S/C65H47N/c1-65(2)61-41-52(50-31-29-49(30-32-50)48-27-25-46(26-28-48)44-15-5-3-6-16-44)37-39-58(61)59-40-38-54(43-62(59)65)66(64-42-53-19-9-10-20-55(53)57-22-11-12-23-60(57)64)63-24-14-13-21-56(63)51-35-33-47(34-36-51)45-17-7-4-8-18-45/h3-43H,1-2H3. The minimum absolute atomic E-state index is 0.235. The van der Waals surface area contributed by atoms with Crippen LogP contribution in [0.1, 0.15) is 25.0 Å². The monoisotopic (exact) mass is 841 g/mol. The number of hydrogen-bond acceptors (Lipinski definition) is 1. The predicted octanol–water partition coefficient (Wildman–Crippen LogP) is 18.1. The number of hydrogen-bond donors (Lipinski definition) is 0. The van der Waals surface area contributed by atoms with Crippen LogP contribution in [-0.2, 0) is 5.41 Å². The van der Waals surface area contributed by atoms with Gasteiger partial charge in [0.2, 0.25) is 0 Å². The van der Waals surface area contributed by atoms with Crippen LogP contribution in [0.5, 0.6) is 0 Å². The fourth-order valence-electron chi connectivity index (χ4n) is 10.4. The van der Waals surface area contributed by atoms with Gasteiger partial charge in [-0.3, -0.25) is 0 Å². The molecule has 0 amide bonds. The molecule has 0 unspecified atom stereocenters. The minimum Gasteiger partial charge on any atom is -0.309 e. The molecule has 0 bridgehead atoms. The van der Waals surface area contributed by atoms with Crippen molar-refractivity contribution >= 4 is 38.6 Å². The Bertz CT molecular complexity index is 3570. The Morgan fingerprint density at radius 2 is 0.697 bits per heavy atom. The highest BCUT2D eigenvalue weighted by Crippen LogP contribution is 2.53. The van der Waals surface area contributed by atoms with Gasteiger partial charge >= 0.3 is 0 Å². The first kappa shape index (κ1) is 39.3. The molecule has 0 heterocycles. The molecule has 0 aliphatic heterocycles. The van der Waals surface area contributed by atoms with Crippen molar-refractivity contribution in [1.82, 2.24) is 0 Å². The van der Waals surface area contributed by atoms with Gasteiger partial charge in [-0.1, -0.05) is 232 Å². The summed E-state index contributed by atoms with van der Waals surface area (Å²) >= 11 is 0. The fraction of sp³-hybridized carbons (Fsp3) is 0.0462. The highest BCUT2D eigenvalue weighted by molar-refractivity contribution is 6.15. The van der Waals surface area contributed by atoms with E-state index in [0.29, 0.717) is 0 Å². The lowest BCUT2D eigenvalue weighted by Crippen LogP contribution is -2.17. The quantitative estimate of drug-likeness (QED) is 0.138. The molecule has 0 radical (unpaired) electrons. The third kappa shape index (κ3) is 6.80. The molecule has 0 aromatic heterocycles. The normalized spacial score (nSPS) is 12.5. The molecule has 11 aromatic rings. The average Bonchev–Trinajstić information content (AvgIpc) is 3.61. The molecule has 1 heteroatoms. The summed E-state index contributed by atoms with van der Waals surface area (Å²) in [7, 11) is 0. The number of nitrogens with zero attached hydrogens (tertiary/aromatic N) is 1. The van der Waals surface area contributed by atoms with E-state index in [4.69, 9.17) is 0 Å². The van der Waals surface area contributed by atoms with E-state index >= 15 is 0 Å². The summed E-state index contributed by atoms with van der Waals surface area (Å²) in [6.07, 6.45) is 0. The lowest BCUT2D eigenvalue weighted by Gasteiger charge is -2.31. The maximum Gasteiger partial charge on any atom is 0.0546 e. The molecule has 0 atom stereocenters. The molecule has 11 aromatic carbocycles. The summed E-state index contributed by atoms with van der Waals surface area (Å²) in [6.45, 7) is 4.79. The smallest absolute Gasteiger partial charge is 0.0546 e. The van der Waals surface area contributed by atoms with Gasteiger partial charge in [0.05, 0.1) is 11.4 Å². The van der Waals surface area contributed by atoms with Crippen molar-refractivity contribution in [3.63, 3.8) is 0 Å². The van der Waals surface area contributed by atoms with Gasteiger partial charge < -0.3 is 4.90 Å². The largest absolute Gasteiger partial charge is 0.309 e. The lowest BCUT2D eigenvalue weighted by atomic mass is 9.81. The zero-order valence-electron chi connectivity index (χ0n) is 37.1. The van der Waals surface area contributed by atoms with Crippen molar-refractivity contribution in [3.8, 4) is 66.8 Å². The summed E-state index contributed by atoms with van der Waals surface area (Å²) in [5.74, 6) is 0. The molecular formula is C65H47N. The number of anilines is 3. The van der Waals surface area contributed by atoms with Crippen LogP contribution in [0.3, 0.4) is 0 Å². The van der Waals surface area contributed by atoms with E-state index in [-0.39, 0.29) is 5.41 Å². The third-order valence-electron chi connectivity index (χ3n) is 13.9. The molecule has 0 N–H and O–H groups in total. The molecule has 0 fully saturated rings. The van der Waals surface area contributed by atoms with Crippen LogP contribution < -0.4 is 4.90 Å². The molecule has 312 valence electrons. The van der Waals surface area contributed by atoms with Crippen LogP contribution in [0.15, 0.2) is 249 Å². The molecule has 0 spiro atoms. The zero-order valence-corrected chi connectivity index (χ0v) is 37.1. The van der Waals surface area contributed by atoms with Gasteiger partial charge in [0, 0.05) is 22.1 Å². The van der Waals surface area contributed by atoms with Crippen LogP contribution in [0, 0.1) is 0 Å².